The van der Waals surface area contributed by atoms with E-state index in [-0.39, 0.29) is 0 Å². The molecule has 0 aliphatic heterocycles. The predicted octanol–water partition coefficient (Wildman–Crippen LogP) is 2.60. The van der Waals surface area contributed by atoms with Crippen molar-refractivity contribution in [2.24, 2.45) is 0 Å². The third kappa shape index (κ3) is 0.942. The maximum atomic E-state index is 3.33. The van der Waals surface area contributed by atoms with E-state index in [0.717, 1.165) is 19.3 Å². The summed E-state index contributed by atoms with van der Waals surface area (Å²) in [6, 6.07) is 0. The summed E-state index contributed by atoms with van der Waals surface area (Å²) in [5.41, 5.74) is 1.35. The van der Waals surface area contributed by atoms with E-state index in [4.69, 9.17) is 0 Å². The van der Waals surface area contributed by atoms with Crippen molar-refractivity contribution in [3.8, 4) is 0 Å². The van der Waals surface area contributed by atoms with Gasteiger partial charge in [-0.2, -0.15) is 0 Å². The van der Waals surface area contributed by atoms with Gasteiger partial charge in [-0.15, -0.1) is 0 Å². The first-order valence-electron chi connectivity index (χ1n) is 3.74. The molecule has 0 aromatic carbocycles. The highest BCUT2D eigenvalue weighted by Gasteiger charge is 2.15. The maximum Gasteiger partial charge on any atom is 0.0127 e. The Morgan fingerprint density at radius 1 is 1.10 bits per heavy atom. The minimum absolute atomic E-state index is 1.01. The lowest BCUT2D eigenvalue weighted by atomic mass is 9.98. The second-order valence-electron chi connectivity index (χ2n) is 2.68. The van der Waals surface area contributed by atoms with Crippen LogP contribution in [0.5, 0.6) is 0 Å². The van der Waals surface area contributed by atoms with Crippen LogP contribution in [-0.2, 0) is 0 Å². The van der Waals surface area contributed by atoms with E-state index in [2.05, 4.69) is 30.4 Å². The lowest BCUT2D eigenvalue weighted by Crippen LogP contribution is -1.91. The topological polar surface area (TPSA) is 0 Å². The quantitative estimate of drug-likeness (QED) is 0.478. The lowest BCUT2D eigenvalue weighted by molar-refractivity contribution is 1.00. The van der Waals surface area contributed by atoms with Gasteiger partial charge in [-0.05, 0) is 30.9 Å². The first-order chi connectivity index (χ1) is 4.97. The van der Waals surface area contributed by atoms with Crippen LogP contribution in [-0.4, -0.2) is 0 Å². The van der Waals surface area contributed by atoms with Crippen LogP contribution < -0.4 is 0 Å². The molecule has 50 valence electrons. The molecule has 0 aromatic heterocycles. The molecule has 2 aliphatic rings. The average molecular weight is 130 g/mol. The number of allylic oxidation sites excluding steroid dienone is 6. The molecule has 2 aliphatic carbocycles. The minimum Gasteiger partial charge on any atom is -0.0876 e. The van der Waals surface area contributed by atoms with Crippen LogP contribution in [0.25, 0.3) is 0 Å². The maximum absolute atomic E-state index is 3.33. The molecule has 2 rings (SSSR count). The van der Waals surface area contributed by atoms with Gasteiger partial charge >= 0.3 is 0 Å². The highest BCUT2D eigenvalue weighted by atomic mass is 14.2. The third-order valence-electron chi connectivity index (χ3n) is 1.97. The van der Waals surface area contributed by atoms with Crippen molar-refractivity contribution in [3.05, 3.63) is 41.9 Å². The molecule has 0 fully saturated rings. The Morgan fingerprint density at radius 3 is 2.50 bits per heavy atom. The van der Waals surface area contributed by atoms with Gasteiger partial charge in [0.2, 0.25) is 0 Å². The van der Waals surface area contributed by atoms with E-state index >= 15 is 0 Å². The molecular formula is C10H10. The van der Waals surface area contributed by atoms with Gasteiger partial charge in [-0.25, -0.2) is 0 Å². The van der Waals surface area contributed by atoms with E-state index in [1.807, 2.05) is 0 Å². The van der Waals surface area contributed by atoms with E-state index < -0.39 is 0 Å². The molecule has 0 saturated heterocycles. The lowest BCUT2D eigenvalue weighted by Gasteiger charge is -2.05. The number of rotatable bonds is 1. The smallest absolute Gasteiger partial charge is 0.0127 e. The summed E-state index contributed by atoms with van der Waals surface area (Å²) in [4.78, 5) is 0. The summed E-state index contributed by atoms with van der Waals surface area (Å²) in [7, 11) is 0. The molecule has 0 N–H and O–H groups in total. The Bertz CT molecular complexity index is 198. The van der Waals surface area contributed by atoms with E-state index in [0.29, 0.717) is 0 Å². The second-order valence-corrected chi connectivity index (χ2v) is 2.68. The minimum atomic E-state index is 1.01. The molecule has 0 spiro atoms. The zero-order valence-electron chi connectivity index (χ0n) is 5.93. The Hall–Kier alpha value is -0.780. The van der Waals surface area contributed by atoms with Crippen LogP contribution in [0.1, 0.15) is 19.3 Å². The zero-order chi connectivity index (χ0) is 6.81. The van der Waals surface area contributed by atoms with Gasteiger partial charge in [0.15, 0.2) is 0 Å². The van der Waals surface area contributed by atoms with Crippen molar-refractivity contribution < 1.29 is 0 Å². The molecule has 0 aromatic rings. The summed E-state index contributed by atoms with van der Waals surface area (Å²) in [5, 5.41) is 0. The van der Waals surface area contributed by atoms with Gasteiger partial charge in [-0.1, -0.05) is 24.3 Å². The van der Waals surface area contributed by atoms with Crippen LogP contribution in [0.15, 0.2) is 29.9 Å². The number of hydrogen-bond acceptors (Lipinski definition) is 0. The molecule has 0 unspecified atom stereocenters. The van der Waals surface area contributed by atoms with Gasteiger partial charge in [0.1, 0.15) is 0 Å². The van der Waals surface area contributed by atoms with Crippen molar-refractivity contribution in [1.29, 1.82) is 0 Å². The molecule has 0 atom stereocenters. The van der Waals surface area contributed by atoms with Crippen molar-refractivity contribution in [3.63, 3.8) is 0 Å². The molecule has 0 bridgehead atoms. The van der Waals surface area contributed by atoms with Crippen molar-refractivity contribution in [2.75, 3.05) is 0 Å². The monoisotopic (exact) mass is 130 g/mol. The molecule has 0 nitrogen and oxygen atoms in total. The van der Waals surface area contributed by atoms with Gasteiger partial charge in [0.05, 0.1) is 0 Å². The molecule has 2 radical (unpaired) electrons. The zero-order valence-corrected chi connectivity index (χ0v) is 5.93. The summed E-state index contributed by atoms with van der Waals surface area (Å²) < 4.78 is 0. The fourth-order valence-electron chi connectivity index (χ4n) is 1.40. The Balaban J connectivity index is 2.06. The first kappa shape index (κ1) is 5.96. The molecule has 0 heteroatoms. The van der Waals surface area contributed by atoms with Gasteiger partial charge in [0, 0.05) is 5.92 Å². The largest absolute Gasteiger partial charge is 0.0876 e. The Morgan fingerprint density at radius 2 is 1.90 bits per heavy atom. The summed E-state index contributed by atoms with van der Waals surface area (Å²) >= 11 is 0. The summed E-state index contributed by atoms with van der Waals surface area (Å²) in [5.74, 6) is 1.54. The Kier molecular flexibility index (Phi) is 1.46. The van der Waals surface area contributed by atoms with Gasteiger partial charge < -0.3 is 0 Å². The summed E-state index contributed by atoms with van der Waals surface area (Å²) in [6.07, 6.45) is 15.4. The van der Waals surface area contributed by atoms with Crippen molar-refractivity contribution >= 4 is 0 Å². The summed E-state index contributed by atoms with van der Waals surface area (Å²) in [6.45, 7) is 0. The molecular weight excluding hydrogens is 120 g/mol. The molecule has 10 heavy (non-hydrogen) atoms. The standard InChI is InChI=1S/C10H10/c1-2-6-9(5-1)10-7-3-4-8-10/h1-3,7H,4-6H2. The fourth-order valence-corrected chi connectivity index (χ4v) is 1.40. The van der Waals surface area contributed by atoms with E-state index in [1.54, 1.807) is 0 Å². The van der Waals surface area contributed by atoms with Crippen molar-refractivity contribution in [2.45, 2.75) is 19.3 Å². The van der Waals surface area contributed by atoms with Crippen LogP contribution in [0.4, 0.5) is 0 Å². The van der Waals surface area contributed by atoms with Crippen LogP contribution in [0, 0.1) is 12.0 Å². The van der Waals surface area contributed by atoms with Crippen LogP contribution in [0.3, 0.4) is 0 Å². The highest BCUT2D eigenvalue weighted by molar-refractivity contribution is 5.40. The predicted molar refractivity (Wildman–Crippen MR) is 42.1 cm³/mol. The van der Waals surface area contributed by atoms with E-state index in [1.165, 1.54) is 11.5 Å². The normalized spacial score (nSPS) is 24.2. The molecule has 0 amide bonds. The van der Waals surface area contributed by atoms with Gasteiger partial charge in [0.25, 0.3) is 0 Å². The molecule has 0 heterocycles. The molecule has 0 saturated carbocycles. The highest BCUT2D eigenvalue weighted by Crippen LogP contribution is 2.30. The van der Waals surface area contributed by atoms with Crippen LogP contribution >= 0.6 is 0 Å². The first-order valence-corrected chi connectivity index (χ1v) is 3.74. The number of hydrogen-bond donors (Lipinski definition) is 0. The average Bonchev–Trinajstić information content (AvgIpc) is 2.59. The Labute approximate surface area is 61.9 Å². The third-order valence-corrected chi connectivity index (χ3v) is 1.97. The van der Waals surface area contributed by atoms with Crippen LogP contribution in [0.2, 0.25) is 0 Å². The second kappa shape index (κ2) is 2.45. The SMILES string of the molecule is [C]1=C([C]2CC=CC2)C=CC1. The van der Waals surface area contributed by atoms with Crippen molar-refractivity contribution in [1.82, 2.24) is 0 Å². The van der Waals surface area contributed by atoms with Gasteiger partial charge in [-0.3, -0.25) is 0 Å². The fraction of sp³-hybridized carbons (Fsp3) is 0.300. The van der Waals surface area contributed by atoms with E-state index in [9.17, 15) is 0 Å².